The molecule has 1 N–H and O–H groups in total. The van der Waals surface area contributed by atoms with Gasteiger partial charge in [-0.2, -0.15) is 0 Å². The second-order valence-electron chi connectivity index (χ2n) is 5.24. The van der Waals surface area contributed by atoms with E-state index in [9.17, 15) is 13.2 Å². The van der Waals surface area contributed by atoms with Gasteiger partial charge in [-0.25, -0.2) is 8.42 Å². The van der Waals surface area contributed by atoms with Crippen LogP contribution >= 0.6 is 24.0 Å². The molecule has 1 fully saturated rings. The van der Waals surface area contributed by atoms with Crippen molar-refractivity contribution in [3.8, 4) is 0 Å². The number of nitrogens with zero attached hydrogens (tertiary/aromatic N) is 2. The third kappa shape index (κ3) is 7.61. The lowest BCUT2D eigenvalue weighted by atomic mass is 9.97. The second-order valence-corrected chi connectivity index (χ2v) is 7.50. The summed E-state index contributed by atoms with van der Waals surface area (Å²) in [5.41, 5.74) is 0. The zero-order valence-electron chi connectivity index (χ0n) is 13.4. The standard InChI is InChI=1S/C13H25N3O4S.HI/c1-14-13(15-7-4-10-21(3,18)19)16-8-5-11(6-9-16)12(17)20-2;/h11H,4-10H2,1-3H3,(H,14,15);1H. The summed E-state index contributed by atoms with van der Waals surface area (Å²) < 4.78 is 26.9. The van der Waals surface area contributed by atoms with Crippen LogP contribution in [-0.2, 0) is 19.4 Å². The van der Waals surface area contributed by atoms with Crippen LogP contribution in [0.3, 0.4) is 0 Å². The first-order valence-corrected chi connectivity index (χ1v) is 9.14. The summed E-state index contributed by atoms with van der Waals surface area (Å²) in [6.07, 6.45) is 3.28. The number of piperidine rings is 1. The van der Waals surface area contributed by atoms with E-state index in [1.54, 1.807) is 7.05 Å². The quantitative estimate of drug-likeness (QED) is 0.217. The van der Waals surface area contributed by atoms with Crippen LogP contribution in [0.15, 0.2) is 4.99 Å². The van der Waals surface area contributed by atoms with Gasteiger partial charge < -0.3 is 15.0 Å². The molecule has 1 rings (SSSR count). The largest absolute Gasteiger partial charge is 0.469 e. The van der Waals surface area contributed by atoms with Gasteiger partial charge in [-0.15, -0.1) is 24.0 Å². The lowest BCUT2D eigenvalue weighted by Gasteiger charge is -2.33. The van der Waals surface area contributed by atoms with Gasteiger partial charge >= 0.3 is 5.97 Å². The van der Waals surface area contributed by atoms with Crippen LogP contribution in [0.5, 0.6) is 0 Å². The molecule has 9 heteroatoms. The van der Waals surface area contributed by atoms with Crippen molar-refractivity contribution in [2.45, 2.75) is 19.3 Å². The number of carbonyl (C=O) groups is 1. The van der Waals surface area contributed by atoms with E-state index in [-0.39, 0.29) is 41.6 Å². The number of rotatable bonds is 5. The summed E-state index contributed by atoms with van der Waals surface area (Å²) in [5, 5.41) is 3.17. The van der Waals surface area contributed by atoms with Crippen LogP contribution in [0.25, 0.3) is 0 Å². The minimum Gasteiger partial charge on any atom is -0.469 e. The third-order valence-electron chi connectivity index (χ3n) is 3.52. The molecule has 0 aromatic carbocycles. The van der Waals surface area contributed by atoms with Gasteiger partial charge in [0, 0.05) is 32.9 Å². The molecule has 0 aromatic heterocycles. The molecule has 1 aliphatic rings. The van der Waals surface area contributed by atoms with Crippen LogP contribution in [-0.4, -0.2) is 71.0 Å². The summed E-state index contributed by atoms with van der Waals surface area (Å²) in [6.45, 7) is 2.05. The minimum atomic E-state index is -2.92. The highest BCUT2D eigenvalue weighted by Gasteiger charge is 2.26. The van der Waals surface area contributed by atoms with Crippen LogP contribution in [0.1, 0.15) is 19.3 Å². The third-order valence-corrected chi connectivity index (χ3v) is 4.55. The fourth-order valence-electron chi connectivity index (χ4n) is 2.36. The number of nitrogens with one attached hydrogen (secondary N) is 1. The van der Waals surface area contributed by atoms with Gasteiger partial charge in [-0.3, -0.25) is 9.79 Å². The topological polar surface area (TPSA) is 88.1 Å². The van der Waals surface area contributed by atoms with E-state index in [2.05, 4.69) is 15.2 Å². The summed E-state index contributed by atoms with van der Waals surface area (Å²) in [5.74, 6) is 0.744. The van der Waals surface area contributed by atoms with Gasteiger partial charge in [0.25, 0.3) is 0 Å². The maximum atomic E-state index is 11.5. The Hall–Kier alpha value is -0.580. The molecule has 0 unspecified atom stereocenters. The molecular weight excluding hydrogens is 421 g/mol. The van der Waals surface area contributed by atoms with Crippen molar-refractivity contribution in [2.75, 3.05) is 45.8 Å². The Morgan fingerprint density at radius 2 is 1.95 bits per heavy atom. The normalized spacial score (nSPS) is 16.9. The number of carbonyl (C=O) groups excluding carboxylic acids is 1. The molecular formula is C13H26IN3O4S. The van der Waals surface area contributed by atoms with Crippen molar-refractivity contribution in [3.63, 3.8) is 0 Å². The van der Waals surface area contributed by atoms with Gasteiger partial charge in [-0.1, -0.05) is 0 Å². The number of likely N-dealkylation sites (tertiary alicyclic amines) is 1. The zero-order valence-corrected chi connectivity index (χ0v) is 16.5. The Bertz CT molecular complexity index is 474. The van der Waals surface area contributed by atoms with E-state index < -0.39 is 9.84 Å². The van der Waals surface area contributed by atoms with Gasteiger partial charge in [0.15, 0.2) is 5.96 Å². The molecule has 0 amide bonds. The molecule has 0 aromatic rings. The van der Waals surface area contributed by atoms with Crippen molar-refractivity contribution in [1.29, 1.82) is 0 Å². The van der Waals surface area contributed by atoms with Crippen LogP contribution < -0.4 is 5.32 Å². The average molecular weight is 447 g/mol. The number of halogens is 1. The lowest BCUT2D eigenvalue weighted by Crippen LogP contribution is -2.47. The number of sulfone groups is 1. The number of methoxy groups -OCH3 is 1. The molecule has 1 heterocycles. The van der Waals surface area contributed by atoms with E-state index in [4.69, 9.17) is 4.74 Å². The number of hydrogen-bond acceptors (Lipinski definition) is 5. The van der Waals surface area contributed by atoms with Crippen LogP contribution in [0, 0.1) is 5.92 Å². The second kappa shape index (κ2) is 10.2. The molecule has 130 valence electrons. The lowest BCUT2D eigenvalue weighted by molar-refractivity contribution is -0.146. The maximum Gasteiger partial charge on any atom is 0.308 e. The number of aliphatic imine (C=N–C) groups is 1. The van der Waals surface area contributed by atoms with E-state index >= 15 is 0 Å². The monoisotopic (exact) mass is 447 g/mol. The molecule has 22 heavy (non-hydrogen) atoms. The molecule has 1 aliphatic heterocycles. The maximum absolute atomic E-state index is 11.5. The van der Waals surface area contributed by atoms with Crippen molar-refractivity contribution >= 4 is 45.7 Å². The van der Waals surface area contributed by atoms with Crippen molar-refractivity contribution in [3.05, 3.63) is 0 Å². The molecule has 0 spiro atoms. The summed E-state index contributed by atoms with van der Waals surface area (Å²) in [6, 6.07) is 0. The fraction of sp³-hybridized carbons (Fsp3) is 0.846. The zero-order chi connectivity index (χ0) is 15.9. The summed E-state index contributed by atoms with van der Waals surface area (Å²) in [4.78, 5) is 17.8. The van der Waals surface area contributed by atoms with E-state index in [0.717, 1.165) is 31.9 Å². The molecule has 0 saturated carbocycles. The fourth-order valence-corrected chi connectivity index (χ4v) is 3.03. The molecule has 0 aliphatic carbocycles. The number of ether oxygens (including phenoxy) is 1. The highest BCUT2D eigenvalue weighted by Crippen LogP contribution is 2.18. The van der Waals surface area contributed by atoms with Crippen LogP contribution in [0.4, 0.5) is 0 Å². The summed E-state index contributed by atoms with van der Waals surface area (Å²) >= 11 is 0. The van der Waals surface area contributed by atoms with Gasteiger partial charge in [0.05, 0.1) is 18.8 Å². The van der Waals surface area contributed by atoms with Crippen molar-refractivity contribution in [1.82, 2.24) is 10.2 Å². The highest BCUT2D eigenvalue weighted by molar-refractivity contribution is 14.0. The van der Waals surface area contributed by atoms with Crippen molar-refractivity contribution < 1.29 is 17.9 Å². The number of hydrogen-bond donors (Lipinski definition) is 1. The molecule has 0 atom stereocenters. The summed E-state index contributed by atoms with van der Waals surface area (Å²) in [7, 11) is 0.195. The predicted octanol–water partition coefficient (Wildman–Crippen LogP) is 0.500. The first kappa shape index (κ1) is 21.4. The van der Waals surface area contributed by atoms with Crippen molar-refractivity contribution in [2.24, 2.45) is 10.9 Å². The first-order chi connectivity index (χ1) is 9.87. The van der Waals surface area contributed by atoms with Gasteiger partial charge in [0.1, 0.15) is 9.84 Å². The van der Waals surface area contributed by atoms with Gasteiger partial charge in [-0.05, 0) is 19.3 Å². The van der Waals surface area contributed by atoms with Gasteiger partial charge in [0.2, 0.25) is 0 Å². The van der Waals surface area contributed by atoms with E-state index in [1.807, 2.05) is 0 Å². The average Bonchev–Trinajstić information content (AvgIpc) is 2.46. The SMILES string of the molecule is CN=C(NCCCS(C)(=O)=O)N1CCC(C(=O)OC)CC1.I. The van der Waals surface area contributed by atoms with E-state index in [0.29, 0.717) is 13.0 Å². The highest BCUT2D eigenvalue weighted by atomic mass is 127. The molecule has 0 bridgehead atoms. The molecule has 0 radical (unpaired) electrons. The Labute approximate surface area is 149 Å². The number of guanidine groups is 1. The Balaban J connectivity index is 0.00000441. The smallest absolute Gasteiger partial charge is 0.308 e. The Morgan fingerprint density at radius 3 is 2.41 bits per heavy atom. The molecule has 7 nitrogen and oxygen atoms in total. The Kier molecular flexibility index (Phi) is 9.97. The first-order valence-electron chi connectivity index (χ1n) is 7.08. The minimum absolute atomic E-state index is 0. The molecule has 1 saturated heterocycles. The van der Waals surface area contributed by atoms with E-state index in [1.165, 1.54) is 13.4 Å². The van der Waals surface area contributed by atoms with Crippen LogP contribution in [0.2, 0.25) is 0 Å². The predicted molar refractivity (Wildman–Crippen MR) is 97.4 cm³/mol. The number of esters is 1. The Morgan fingerprint density at radius 1 is 1.36 bits per heavy atom.